The molecule has 1 saturated heterocycles. The summed E-state index contributed by atoms with van der Waals surface area (Å²) in [6.07, 6.45) is 5.66. The van der Waals surface area contributed by atoms with E-state index in [9.17, 15) is 18.8 Å². The maximum absolute atomic E-state index is 15.4. The van der Waals surface area contributed by atoms with Crippen molar-refractivity contribution in [3.05, 3.63) is 71.8 Å². The van der Waals surface area contributed by atoms with Crippen molar-refractivity contribution in [3.63, 3.8) is 0 Å². The van der Waals surface area contributed by atoms with E-state index in [4.69, 9.17) is 16.2 Å². The molecule has 10 nitrogen and oxygen atoms in total. The lowest BCUT2D eigenvalue weighted by molar-refractivity contribution is -0.127. The number of anilines is 1. The fraction of sp³-hybridized carbons (Fsp3) is 0.276. The summed E-state index contributed by atoms with van der Waals surface area (Å²) in [5.41, 5.74) is 12.3. The Morgan fingerprint density at radius 1 is 1.19 bits per heavy atom. The number of nitrogens with two attached hydrogens (primary N) is 2. The van der Waals surface area contributed by atoms with Crippen molar-refractivity contribution in [2.24, 2.45) is 5.73 Å². The topological polar surface area (TPSA) is 149 Å². The molecule has 1 aliphatic carbocycles. The number of benzene rings is 2. The van der Waals surface area contributed by atoms with E-state index in [1.54, 1.807) is 15.7 Å². The average molecular weight is 575 g/mol. The van der Waals surface area contributed by atoms with Crippen molar-refractivity contribution in [2.75, 3.05) is 12.3 Å². The zero-order valence-electron chi connectivity index (χ0n) is 22.2. The van der Waals surface area contributed by atoms with Gasteiger partial charge in [-0.2, -0.15) is 14.8 Å². The lowest BCUT2D eigenvalue weighted by Gasteiger charge is -2.24. The second-order valence-corrected chi connectivity index (χ2v) is 10.5. The predicted molar refractivity (Wildman–Crippen MR) is 146 cm³/mol. The van der Waals surface area contributed by atoms with Crippen LogP contribution in [0.4, 0.5) is 19.0 Å². The van der Waals surface area contributed by atoms with E-state index < -0.39 is 28.7 Å². The smallest absolute Gasteiger partial charge is 0.264 e. The zero-order valence-corrected chi connectivity index (χ0v) is 22.2. The van der Waals surface area contributed by atoms with Crippen molar-refractivity contribution in [1.82, 2.24) is 24.6 Å². The number of carbonyl (C=O) groups is 1. The van der Waals surface area contributed by atoms with E-state index in [-0.39, 0.29) is 46.9 Å². The summed E-state index contributed by atoms with van der Waals surface area (Å²) in [5, 5.41) is 14.6. The molecule has 1 amide bonds. The van der Waals surface area contributed by atoms with Gasteiger partial charge in [0.25, 0.3) is 5.91 Å². The van der Waals surface area contributed by atoms with E-state index in [0.29, 0.717) is 24.0 Å². The third-order valence-corrected chi connectivity index (χ3v) is 7.53. The Balaban J connectivity index is 1.31. The number of hydrogen-bond donors (Lipinski definition) is 2. The molecule has 2 fully saturated rings. The van der Waals surface area contributed by atoms with Gasteiger partial charge in [-0.3, -0.25) is 4.79 Å². The van der Waals surface area contributed by atoms with Gasteiger partial charge in [-0.25, -0.2) is 23.4 Å². The second kappa shape index (κ2) is 10.5. The quantitative estimate of drug-likeness (QED) is 0.246. The summed E-state index contributed by atoms with van der Waals surface area (Å²) in [4.78, 5) is 23.3. The Labute approximate surface area is 238 Å². The minimum absolute atomic E-state index is 0.0157. The van der Waals surface area contributed by atoms with Crippen LogP contribution in [0.15, 0.2) is 54.4 Å². The molecular weight excluding hydrogens is 549 g/mol. The lowest BCUT2D eigenvalue weighted by atomic mass is 10.1. The number of halogens is 3. The summed E-state index contributed by atoms with van der Waals surface area (Å²) in [7, 11) is 0. The van der Waals surface area contributed by atoms with Crippen molar-refractivity contribution in [1.29, 1.82) is 5.26 Å². The second-order valence-electron chi connectivity index (χ2n) is 10.5. The highest BCUT2D eigenvalue weighted by molar-refractivity contribution is 5.99. The van der Waals surface area contributed by atoms with Gasteiger partial charge in [0, 0.05) is 23.7 Å². The molecule has 13 heteroatoms. The van der Waals surface area contributed by atoms with Crippen LogP contribution < -0.4 is 16.2 Å². The van der Waals surface area contributed by atoms with Gasteiger partial charge >= 0.3 is 0 Å². The summed E-state index contributed by atoms with van der Waals surface area (Å²) >= 11 is 0. The molecule has 2 aliphatic rings. The van der Waals surface area contributed by atoms with Crippen molar-refractivity contribution >= 4 is 22.8 Å². The fourth-order valence-corrected chi connectivity index (χ4v) is 5.15. The average Bonchev–Trinajstić information content (AvgIpc) is 3.34. The highest BCUT2D eigenvalue weighted by atomic mass is 19.2. The number of nitrogens with zero attached hydrogens (tertiary/aromatic N) is 6. The number of carbonyl (C=O) groups excluding carboxylic acids is 1. The van der Waals surface area contributed by atoms with Crippen molar-refractivity contribution in [2.45, 2.75) is 43.8 Å². The van der Waals surface area contributed by atoms with Gasteiger partial charge in [-0.05, 0) is 56.0 Å². The van der Waals surface area contributed by atoms with Crippen LogP contribution in [0.5, 0.6) is 11.5 Å². The van der Waals surface area contributed by atoms with E-state index in [2.05, 4.69) is 15.1 Å². The van der Waals surface area contributed by atoms with Crippen LogP contribution in [-0.4, -0.2) is 48.7 Å². The van der Waals surface area contributed by atoms with Crippen molar-refractivity contribution in [3.8, 4) is 28.8 Å². The number of ether oxygens (including phenoxy) is 1. The van der Waals surface area contributed by atoms with Crippen LogP contribution in [0.2, 0.25) is 0 Å². The van der Waals surface area contributed by atoms with Gasteiger partial charge in [-0.15, -0.1) is 0 Å². The van der Waals surface area contributed by atoms with Gasteiger partial charge in [0.15, 0.2) is 17.2 Å². The lowest BCUT2D eigenvalue weighted by Crippen LogP contribution is -2.39. The third kappa shape index (κ3) is 5.01. The number of amides is 1. The maximum atomic E-state index is 15.4. The Morgan fingerprint density at radius 3 is 2.74 bits per heavy atom. The van der Waals surface area contributed by atoms with E-state index in [1.165, 1.54) is 30.6 Å². The molecule has 214 valence electrons. The fourth-order valence-electron chi connectivity index (χ4n) is 5.15. The number of likely N-dealkylation sites (tertiary alicyclic amines) is 1. The Kier molecular flexibility index (Phi) is 6.78. The Morgan fingerprint density at radius 2 is 2.00 bits per heavy atom. The first-order valence-electron chi connectivity index (χ1n) is 13.3. The largest absolute Gasteiger partial charge is 0.454 e. The van der Waals surface area contributed by atoms with Gasteiger partial charge in [0.2, 0.25) is 5.82 Å². The number of hydrogen-bond acceptors (Lipinski definition) is 8. The van der Waals surface area contributed by atoms with Crippen LogP contribution in [0.1, 0.15) is 25.7 Å². The SMILES string of the molecule is N#C/C(=C\C1(N)CC1)C(=O)N1CCC[C@@H]1Cn1nc(-c2ccc(Oc3cccc(F)c3F)cc2F)c2c(N)ncnc21. The summed E-state index contributed by atoms with van der Waals surface area (Å²) < 4.78 is 50.0. The number of aromatic nitrogens is 4. The molecule has 2 aromatic heterocycles. The Bertz CT molecular complexity index is 1790. The molecule has 0 unspecified atom stereocenters. The number of nitrogen functional groups attached to an aromatic ring is 1. The van der Waals surface area contributed by atoms with Gasteiger partial charge in [-0.1, -0.05) is 6.07 Å². The zero-order chi connectivity index (χ0) is 29.6. The number of rotatable bonds is 7. The molecule has 4 N–H and O–H groups in total. The number of fused-ring (bicyclic) bond motifs is 1. The van der Waals surface area contributed by atoms with Crippen LogP contribution in [0, 0.1) is 28.8 Å². The van der Waals surface area contributed by atoms with Gasteiger partial charge < -0.3 is 21.1 Å². The minimum Gasteiger partial charge on any atom is -0.454 e. The minimum atomic E-state index is -1.19. The normalized spacial score (nSPS) is 17.8. The van der Waals surface area contributed by atoms with E-state index >= 15 is 4.39 Å². The number of nitriles is 1. The molecule has 1 aliphatic heterocycles. The first-order valence-corrected chi connectivity index (χ1v) is 13.3. The molecule has 0 bridgehead atoms. The summed E-state index contributed by atoms with van der Waals surface area (Å²) in [6.45, 7) is 0.679. The molecule has 6 rings (SSSR count). The third-order valence-electron chi connectivity index (χ3n) is 7.53. The molecular formula is C29H25F3N8O2. The van der Waals surface area contributed by atoms with Crippen molar-refractivity contribution < 1.29 is 22.7 Å². The molecule has 2 aromatic carbocycles. The summed E-state index contributed by atoms with van der Waals surface area (Å²) in [6, 6.07) is 8.94. The highest BCUT2D eigenvalue weighted by Gasteiger charge is 2.39. The van der Waals surface area contributed by atoms with Crippen LogP contribution in [-0.2, 0) is 11.3 Å². The molecule has 42 heavy (non-hydrogen) atoms. The van der Waals surface area contributed by atoms with Crippen LogP contribution in [0.25, 0.3) is 22.3 Å². The van der Waals surface area contributed by atoms with Crippen LogP contribution >= 0.6 is 0 Å². The first kappa shape index (κ1) is 27.2. The highest BCUT2D eigenvalue weighted by Crippen LogP contribution is 2.37. The molecule has 1 atom stereocenters. The maximum Gasteiger partial charge on any atom is 0.264 e. The van der Waals surface area contributed by atoms with Crippen LogP contribution in [0.3, 0.4) is 0 Å². The summed E-state index contributed by atoms with van der Waals surface area (Å²) in [5.74, 6) is -3.79. The predicted octanol–water partition coefficient (Wildman–Crippen LogP) is 4.22. The monoisotopic (exact) mass is 574 g/mol. The van der Waals surface area contributed by atoms with E-state index in [1.807, 2.05) is 6.07 Å². The molecule has 3 heterocycles. The first-order chi connectivity index (χ1) is 20.2. The van der Waals surface area contributed by atoms with Gasteiger partial charge in [0.1, 0.15) is 41.0 Å². The molecule has 1 saturated carbocycles. The molecule has 4 aromatic rings. The van der Waals surface area contributed by atoms with E-state index in [0.717, 1.165) is 31.4 Å². The Hall–Kier alpha value is -4.96. The molecule has 0 spiro atoms. The standard InChI is InChI=1S/C29H25F3N8O2/c30-20-4-1-5-22(24(20)32)42-18-6-7-19(21(31)11-18)25-23-26(34)36-15-37-27(23)40(38-25)14-17-3-2-10-39(17)28(41)16(13-33)12-29(35)8-9-29/h1,4-7,11-12,15,17H,2-3,8-10,14,35H2,(H2,34,36,37)/b16-12+/t17-/m1/s1. The molecule has 0 radical (unpaired) electrons. The van der Waals surface area contributed by atoms with Gasteiger partial charge in [0.05, 0.1) is 18.0 Å².